The summed E-state index contributed by atoms with van der Waals surface area (Å²) in [7, 11) is 163. The zero-order valence-corrected chi connectivity index (χ0v) is 51.5. The summed E-state index contributed by atoms with van der Waals surface area (Å²) in [5.41, 5.74) is 8.40. The van der Waals surface area contributed by atoms with Gasteiger partial charge in [-0.25, -0.2) is 4.39 Å². The number of rotatable bonds is 28. The van der Waals surface area contributed by atoms with E-state index in [1.54, 1.807) is 19.2 Å². The van der Waals surface area contributed by atoms with Gasteiger partial charge in [0.1, 0.15) is 12.4 Å². The van der Waals surface area contributed by atoms with Gasteiger partial charge in [0.2, 0.25) is 0 Å². The third kappa shape index (κ3) is 18.0. The van der Waals surface area contributed by atoms with Crippen molar-refractivity contribution in [2.45, 2.75) is 31.5 Å². The summed E-state index contributed by atoms with van der Waals surface area (Å²) in [4.78, 5) is 6.30. The molecule has 3 heterocycles. The Morgan fingerprint density at radius 2 is 0.977 bits per heavy atom. The molecule has 0 saturated carbocycles. The van der Waals surface area contributed by atoms with Crippen LogP contribution in [0.5, 0.6) is 11.5 Å². The molecular weight excluding hydrogens is 1090 g/mol. The lowest BCUT2D eigenvalue weighted by Gasteiger charge is -2.56. The van der Waals surface area contributed by atoms with Crippen LogP contribution in [0.25, 0.3) is 10.9 Å². The van der Waals surface area contributed by atoms with Crippen molar-refractivity contribution in [1.82, 2.24) is 9.88 Å². The average molecular weight is 1110 g/mol. The Hall–Kier alpha value is -0.428. The molecule has 0 aliphatic carbocycles. The first-order valence-electron chi connectivity index (χ1n) is 29.3. The number of hydrogen-bond donors (Lipinski definition) is 1. The van der Waals surface area contributed by atoms with E-state index in [1.165, 1.54) is 34.8 Å². The van der Waals surface area contributed by atoms with Crippen molar-refractivity contribution in [3.05, 3.63) is 129 Å². The number of H-pyrrole nitrogens is 1. The molecule has 7 rings (SSSR count). The van der Waals surface area contributed by atoms with E-state index in [9.17, 15) is 4.39 Å². The molecule has 2 aliphatic rings. The summed E-state index contributed by atoms with van der Waals surface area (Å²) >= 11 is 3.63. The standard InChI is InChI=1S/C33H28BrFN2O2.B49/c1-38-30-15-22-13-14-37-29(26(22)18-31(30)39-19-20-5-3-2-4-6-20)17-27-25-12-9-23(34)16-28(25)36-32(27)33(37)21-7-10-24(35)11-8-21;1-26-39(27(2)3)45(38(24)25)48(44(36(20)21)37(22)23)49(46(40(28(4)5)29(6)7)41(30(8)9)31(10)11)47(42(32(12)13)33(14)15)43(34(16)17)35(18)19/h2-12,15-16,18,29,33,36H,13-14,17,19H2,1H3;. The molecule has 0 bridgehead atoms. The number of methoxy groups -OCH3 is 1. The molecule has 4 aromatic carbocycles. The quantitative estimate of drug-likeness (QED) is 0.0507. The van der Waals surface area contributed by atoms with Crippen molar-refractivity contribution in [3.8, 4) is 11.5 Å². The topological polar surface area (TPSA) is 37.5 Å². The lowest BCUT2D eigenvalue weighted by atomic mass is 8.25. The lowest BCUT2D eigenvalue weighted by Crippen LogP contribution is -2.95. The maximum Gasteiger partial charge on any atom is 0.162 e. The highest BCUT2D eigenvalue weighted by molar-refractivity contribution is 9.10. The van der Waals surface area contributed by atoms with Crippen LogP contribution in [0, 0.1) is 5.82 Å². The van der Waals surface area contributed by atoms with E-state index < -0.39 is 147 Å². The van der Waals surface area contributed by atoms with E-state index in [2.05, 4.69) is 68.3 Å². The Labute approximate surface area is 578 Å². The van der Waals surface area contributed by atoms with E-state index in [4.69, 9.17) is 203 Å². The minimum atomic E-state index is -1.33. The maximum atomic E-state index is 14.0. The number of nitrogens with zero attached hydrogens (tertiary/aromatic N) is 1. The Kier molecular flexibility index (Phi) is 30.0. The zero-order valence-electron chi connectivity index (χ0n) is 49.9. The summed E-state index contributed by atoms with van der Waals surface area (Å²) in [5.74, 6) is 1.30. The fraction of sp³-hybridized carbons (Fsp3) is 0.212. The fourth-order valence-electron chi connectivity index (χ4n) is 14.5. The summed E-state index contributed by atoms with van der Waals surface area (Å²) < 4.78 is 27.1. The summed E-state index contributed by atoms with van der Waals surface area (Å²) in [5, 5.41) is 1.24. The second kappa shape index (κ2) is 34.5. The van der Waals surface area contributed by atoms with Crippen LogP contribution in [-0.4, -0.2) is 371 Å². The van der Waals surface area contributed by atoms with Crippen LogP contribution >= 0.6 is 15.9 Å². The number of halogens is 2. The zero-order chi connectivity index (χ0) is 65.5. The summed E-state index contributed by atoms with van der Waals surface area (Å²) in [6.45, 7) is 1.37. The van der Waals surface area contributed by atoms with Gasteiger partial charge in [-0.1, -0.05) is 64.5 Å². The molecule has 0 amide bonds. The van der Waals surface area contributed by atoms with Gasteiger partial charge in [-0.05, 0) is 77.1 Å². The van der Waals surface area contributed by atoms with Crippen molar-refractivity contribution in [1.29, 1.82) is 0 Å². The van der Waals surface area contributed by atoms with Crippen molar-refractivity contribution < 1.29 is 13.9 Å². The van der Waals surface area contributed by atoms with E-state index in [0.29, 0.717) is 6.61 Å². The highest BCUT2D eigenvalue weighted by Gasteiger charge is 2.60. The minimum absolute atomic E-state index is 0.00513. The van der Waals surface area contributed by atoms with Crippen LogP contribution in [0.3, 0.4) is 0 Å². The monoisotopic (exact) mass is 1120 g/mol. The molecular formula is C33H28B49BrFN2O2. The van der Waals surface area contributed by atoms with Gasteiger partial charge in [0.15, 0.2) is 11.5 Å². The first-order chi connectivity index (χ1) is 41.4. The highest BCUT2D eigenvalue weighted by atomic mass is 79.9. The van der Waals surface area contributed by atoms with Crippen LogP contribution < -0.4 is 9.47 Å². The number of aromatic nitrogens is 1. The summed E-state index contributed by atoms with van der Waals surface area (Å²) in [6.07, 6.45) is -26.9. The normalized spacial score (nSPS) is 13.5. The molecule has 2 unspecified atom stereocenters. The minimum Gasteiger partial charge on any atom is -0.493 e. The fourth-order valence-corrected chi connectivity index (χ4v) is 14.9. The van der Waals surface area contributed by atoms with Gasteiger partial charge < -0.3 is 14.5 Å². The molecule has 0 fully saturated rings. The number of hydrogen-bond acceptors (Lipinski definition) is 3. The van der Waals surface area contributed by atoms with Gasteiger partial charge in [-0.3, -0.25) is 4.90 Å². The Bertz CT molecular complexity index is 2830. The van der Waals surface area contributed by atoms with Crippen LogP contribution in [0.15, 0.2) is 89.4 Å². The molecule has 4 nitrogen and oxygen atoms in total. The van der Waals surface area contributed by atoms with Crippen LogP contribution in [0.2, 0.25) is 0 Å². The van der Waals surface area contributed by atoms with Crippen molar-refractivity contribution >= 4 is 374 Å². The molecule has 2 atom stereocenters. The third-order valence-electron chi connectivity index (χ3n) is 18.2. The number of ether oxygens (including phenoxy) is 2. The molecule has 343 valence electrons. The van der Waals surface area contributed by atoms with Crippen LogP contribution in [-0.2, 0) is 19.4 Å². The second-order valence-electron chi connectivity index (χ2n) is 23.8. The average Bonchev–Trinajstić information content (AvgIpc) is 1.31. The van der Waals surface area contributed by atoms with E-state index in [0.717, 1.165) is 52.0 Å². The number of benzene rings is 4. The third-order valence-corrected chi connectivity index (χ3v) is 18.6. The van der Waals surface area contributed by atoms with Crippen molar-refractivity contribution in [3.63, 3.8) is 0 Å². The molecule has 55 heteroatoms. The van der Waals surface area contributed by atoms with Gasteiger partial charge in [-0.2, -0.15) is 0 Å². The van der Waals surface area contributed by atoms with Crippen LogP contribution in [0.4, 0.5) is 4.39 Å². The number of nitrogens with one attached hydrogen (secondary N) is 1. The van der Waals surface area contributed by atoms with Crippen molar-refractivity contribution in [2.24, 2.45) is 0 Å². The maximum absolute atomic E-state index is 14.0. The first kappa shape index (κ1) is 76.6. The van der Waals surface area contributed by atoms with E-state index in [1.807, 2.05) is 30.3 Å². The SMILES string of the molecule is COc1cc2c(cc1OCc1ccccc1)C1Cc3c([nH]c4cc(Br)ccc34)C(c3ccc(F)cc3)N1CC2.[B][B]B(B([B])[B])B(B([B])[B])B(B(B([B])[B])B([B])[B])B(B(B(B([B])[B])B([B])[B])B(B([B])[B])B([B])[B])B(B(B([B])[B])B([B])[B])B(B([B])[B])B([B])[B]. The Morgan fingerprint density at radius 1 is 0.534 bits per heavy atom. The summed E-state index contributed by atoms with van der Waals surface area (Å²) in [6, 6.07) is 28.1. The van der Waals surface area contributed by atoms with Crippen LogP contribution in [0.1, 0.15) is 45.6 Å². The largest absolute Gasteiger partial charge is 0.493 e. The lowest BCUT2D eigenvalue weighted by molar-refractivity contribution is 0.127. The van der Waals surface area contributed by atoms with Gasteiger partial charge >= 0.3 is 0 Å². The molecule has 1 N–H and O–H groups in total. The number of aromatic amines is 1. The number of fused-ring (bicyclic) bond motifs is 6. The first-order valence-corrected chi connectivity index (χ1v) is 30.1. The molecule has 0 spiro atoms. The molecule has 1 aromatic heterocycles. The smallest absolute Gasteiger partial charge is 0.162 e. The second-order valence-corrected chi connectivity index (χ2v) is 24.7. The van der Waals surface area contributed by atoms with Gasteiger partial charge in [0.05, 0.1) is 13.2 Å². The molecule has 5 aromatic rings. The molecule has 2 aliphatic heterocycles. The van der Waals surface area contributed by atoms with Gasteiger partial charge in [0.25, 0.3) is 0 Å². The predicted octanol–water partition coefficient (Wildman–Crippen LogP) is -10.8. The van der Waals surface area contributed by atoms with Gasteiger partial charge in [-0.15, -0.1) is 0 Å². The highest BCUT2D eigenvalue weighted by Crippen LogP contribution is 2.50. The van der Waals surface area contributed by atoms with Gasteiger partial charge in [0, 0.05) is 381 Å². The molecule has 88 heavy (non-hydrogen) atoms. The molecule has 0 saturated heterocycles. The predicted molar refractivity (Wildman–Crippen MR) is 437 cm³/mol. The molecule has 51 radical (unpaired) electrons. The van der Waals surface area contributed by atoms with Crippen molar-refractivity contribution in [2.75, 3.05) is 13.7 Å². The van der Waals surface area contributed by atoms with E-state index >= 15 is 0 Å². The Morgan fingerprint density at radius 3 is 1.40 bits per heavy atom. The Balaban J connectivity index is 0.000000286. The van der Waals surface area contributed by atoms with E-state index in [-0.39, 0.29) is 17.9 Å².